The van der Waals surface area contributed by atoms with Gasteiger partial charge in [0.15, 0.2) is 5.11 Å². The summed E-state index contributed by atoms with van der Waals surface area (Å²) in [4.78, 5) is 41.4. The minimum absolute atomic E-state index is 0.0948. The summed E-state index contributed by atoms with van der Waals surface area (Å²) >= 11 is 5.33. The minimum atomic E-state index is -0.511. The smallest absolute Gasteiger partial charge is 0.270 e. The lowest BCUT2D eigenvalue weighted by atomic mass is 10.1. The molecule has 0 aliphatic carbocycles. The number of anilines is 3. The number of thiocarbonyl (C=S) groups is 1. The van der Waals surface area contributed by atoms with E-state index in [0.29, 0.717) is 24.5 Å². The molecule has 0 spiro atoms. The summed E-state index contributed by atoms with van der Waals surface area (Å²) in [6.45, 7) is 6.12. The van der Waals surface area contributed by atoms with Gasteiger partial charge in [-0.05, 0) is 55.4 Å². The van der Waals surface area contributed by atoms with E-state index in [1.807, 2.05) is 29.2 Å². The zero-order valence-electron chi connectivity index (χ0n) is 19.5. The van der Waals surface area contributed by atoms with Crippen LogP contribution in [0.5, 0.6) is 0 Å². The van der Waals surface area contributed by atoms with Crippen molar-refractivity contribution in [2.24, 2.45) is 0 Å². The second-order valence-electron chi connectivity index (χ2n) is 8.60. The Balaban J connectivity index is 1.39. The number of non-ortho nitro benzene ring substituents is 1. The number of carbonyl (C=O) groups is 2. The molecule has 2 N–H and O–H groups in total. The summed E-state index contributed by atoms with van der Waals surface area (Å²) in [5, 5.41) is 17.0. The Kier molecular flexibility index (Phi) is 7.45. The summed E-state index contributed by atoms with van der Waals surface area (Å²) in [6, 6.07) is 12.0. The highest BCUT2D eigenvalue weighted by Crippen LogP contribution is 2.28. The van der Waals surface area contributed by atoms with Crippen molar-refractivity contribution in [1.82, 2.24) is 10.2 Å². The SMILES string of the molecule is CC(=O)N1CCN(c2ccc(NC(=S)NC(=O)c3cc([N+](=O)[O-])ccc3N3CCCC3)cc2)CC1. The van der Waals surface area contributed by atoms with Gasteiger partial charge in [0.2, 0.25) is 5.91 Å². The summed E-state index contributed by atoms with van der Waals surface area (Å²) in [5.74, 6) is -0.398. The maximum Gasteiger partial charge on any atom is 0.270 e. The van der Waals surface area contributed by atoms with E-state index in [2.05, 4.69) is 20.4 Å². The highest BCUT2D eigenvalue weighted by Gasteiger charge is 2.23. The van der Waals surface area contributed by atoms with Crippen LogP contribution in [-0.4, -0.2) is 66.0 Å². The fraction of sp³-hybridized carbons (Fsp3) is 0.375. The number of nitrogens with zero attached hydrogens (tertiary/aromatic N) is 4. The maximum absolute atomic E-state index is 13.0. The summed E-state index contributed by atoms with van der Waals surface area (Å²) < 4.78 is 0. The van der Waals surface area contributed by atoms with Crippen molar-refractivity contribution in [3.63, 3.8) is 0 Å². The predicted octanol–water partition coefficient (Wildman–Crippen LogP) is 2.99. The van der Waals surface area contributed by atoms with E-state index < -0.39 is 10.8 Å². The number of rotatable bonds is 5. The molecule has 0 aromatic heterocycles. The van der Waals surface area contributed by atoms with Gasteiger partial charge in [-0.25, -0.2) is 0 Å². The van der Waals surface area contributed by atoms with Crippen LogP contribution in [0.25, 0.3) is 0 Å². The number of nitro benzene ring substituents is 1. The number of benzene rings is 2. The molecule has 2 aliphatic heterocycles. The topological polar surface area (TPSA) is 111 Å². The lowest BCUT2D eigenvalue weighted by Crippen LogP contribution is -2.48. The largest absolute Gasteiger partial charge is 0.371 e. The van der Waals surface area contributed by atoms with Crippen molar-refractivity contribution in [3.8, 4) is 0 Å². The minimum Gasteiger partial charge on any atom is -0.371 e. The molecular weight excluding hydrogens is 468 g/mol. The molecule has 0 saturated carbocycles. The van der Waals surface area contributed by atoms with Crippen LogP contribution in [-0.2, 0) is 4.79 Å². The fourth-order valence-corrected chi connectivity index (χ4v) is 4.63. The molecule has 2 amide bonds. The molecule has 2 aromatic rings. The standard InChI is InChI=1S/C24H28N6O4S/c1-17(31)27-12-14-28(15-13-27)19-6-4-18(5-7-19)25-24(35)26-23(32)21-16-20(30(33)34)8-9-22(21)29-10-2-3-11-29/h4-9,16H,2-3,10-15H2,1H3,(H2,25,26,32,35). The van der Waals surface area contributed by atoms with Crippen LogP contribution in [0.3, 0.4) is 0 Å². The molecule has 4 rings (SSSR count). The normalized spacial score (nSPS) is 15.6. The third-order valence-corrected chi connectivity index (χ3v) is 6.53. The zero-order chi connectivity index (χ0) is 24.9. The molecule has 2 aliphatic rings. The van der Waals surface area contributed by atoms with Crippen molar-refractivity contribution in [2.45, 2.75) is 19.8 Å². The van der Waals surface area contributed by atoms with Crippen LogP contribution in [0.4, 0.5) is 22.7 Å². The number of hydrogen-bond donors (Lipinski definition) is 2. The van der Waals surface area contributed by atoms with Crippen LogP contribution >= 0.6 is 12.2 Å². The molecule has 2 heterocycles. The molecule has 2 fully saturated rings. The first-order valence-electron chi connectivity index (χ1n) is 11.6. The third-order valence-electron chi connectivity index (χ3n) is 6.32. The maximum atomic E-state index is 13.0. The first kappa shape index (κ1) is 24.4. The molecule has 35 heavy (non-hydrogen) atoms. The predicted molar refractivity (Wildman–Crippen MR) is 139 cm³/mol. The van der Waals surface area contributed by atoms with Crippen LogP contribution in [0.1, 0.15) is 30.1 Å². The van der Waals surface area contributed by atoms with Crippen molar-refractivity contribution >= 4 is 51.9 Å². The molecule has 0 bridgehead atoms. The fourth-order valence-electron chi connectivity index (χ4n) is 4.42. The average Bonchev–Trinajstić information content (AvgIpc) is 3.39. The Bertz CT molecular complexity index is 1130. The van der Waals surface area contributed by atoms with E-state index in [1.165, 1.54) is 12.1 Å². The highest BCUT2D eigenvalue weighted by molar-refractivity contribution is 7.80. The van der Waals surface area contributed by atoms with Crippen molar-refractivity contribution in [2.75, 3.05) is 54.4 Å². The van der Waals surface area contributed by atoms with E-state index in [0.717, 1.165) is 44.7 Å². The number of hydrogen-bond acceptors (Lipinski definition) is 7. The molecule has 0 atom stereocenters. The second-order valence-corrected chi connectivity index (χ2v) is 9.01. The lowest BCUT2D eigenvalue weighted by molar-refractivity contribution is -0.384. The Morgan fingerprint density at radius 1 is 0.943 bits per heavy atom. The van der Waals surface area contributed by atoms with Gasteiger partial charge >= 0.3 is 0 Å². The molecule has 11 heteroatoms. The molecular formula is C24H28N6O4S. The average molecular weight is 497 g/mol. The monoisotopic (exact) mass is 496 g/mol. The Labute approximate surface area is 209 Å². The van der Waals surface area contributed by atoms with Gasteiger partial charge in [0.05, 0.1) is 16.2 Å². The molecule has 184 valence electrons. The van der Waals surface area contributed by atoms with Crippen LogP contribution < -0.4 is 20.4 Å². The molecule has 2 aromatic carbocycles. The summed E-state index contributed by atoms with van der Waals surface area (Å²) in [6.07, 6.45) is 2.03. The lowest BCUT2D eigenvalue weighted by Gasteiger charge is -2.35. The van der Waals surface area contributed by atoms with Crippen molar-refractivity contribution in [1.29, 1.82) is 0 Å². The Hall–Kier alpha value is -3.73. The van der Waals surface area contributed by atoms with Gasteiger partial charge in [0.1, 0.15) is 0 Å². The van der Waals surface area contributed by atoms with Crippen LogP contribution in [0, 0.1) is 10.1 Å². The molecule has 2 saturated heterocycles. The number of nitro groups is 1. The van der Waals surface area contributed by atoms with E-state index in [-0.39, 0.29) is 22.3 Å². The molecule has 10 nitrogen and oxygen atoms in total. The quantitative estimate of drug-likeness (QED) is 0.369. The first-order valence-corrected chi connectivity index (χ1v) is 12.0. The highest BCUT2D eigenvalue weighted by atomic mass is 32.1. The van der Waals surface area contributed by atoms with Crippen LogP contribution in [0.15, 0.2) is 42.5 Å². The number of piperazine rings is 1. The summed E-state index contributed by atoms with van der Waals surface area (Å²) in [7, 11) is 0. The van der Waals surface area contributed by atoms with Crippen molar-refractivity contribution in [3.05, 3.63) is 58.1 Å². The van der Waals surface area contributed by atoms with Crippen LogP contribution in [0.2, 0.25) is 0 Å². The third kappa shape index (κ3) is 5.86. The molecule has 0 unspecified atom stereocenters. The molecule has 0 radical (unpaired) electrons. The first-order chi connectivity index (χ1) is 16.8. The van der Waals surface area contributed by atoms with Gasteiger partial charge < -0.3 is 20.0 Å². The number of carbonyl (C=O) groups excluding carboxylic acids is 2. The Morgan fingerprint density at radius 2 is 1.60 bits per heavy atom. The second kappa shape index (κ2) is 10.7. The van der Waals surface area contributed by atoms with E-state index in [1.54, 1.807) is 13.0 Å². The van der Waals surface area contributed by atoms with E-state index >= 15 is 0 Å². The van der Waals surface area contributed by atoms with Gasteiger partial charge in [0, 0.05) is 69.7 Å². The van der Waals surface area contributed by atoms with Crippen molar-refractivity contribution < 1.29 is 14.5 Å². The van der Waals surface area contributed by atoms with Gasteiger partial charge in [0.25, 0.3) is 11.6 Å². The summed E-state index contributed by atoms with van der Waals surface area (Å²) in [5.41, 5.74) is 2.51. The van der Waals surface area contributed by atoms with Gasteiger partial charge in [-0.1, -0.05) is 0 Å². The van der Waals surface area contributed by atoms with E-state index in [9.17, 15) is 19.7 Å². The van der Waals surface area contributed by atoms with Gasteiger partial charge in [-0.15, -0.1) is 0 Å². The van der Waals surface area contributed by atoms with Gasteiger partial charge in [-0.3, -0.25) is 25.0 Å². The van der Waals surface area contributed by atoms with E-state index in [4.69, 9.17) is 12.2 Å². The Morgan fingerprint density at radius 3 is 2.20 bits per heavy atom. The zero-order valence-corrected chi connectivity index (χ0v) is 20.3. The van der Waals surface area contributed by atoms with Gasteiger partial charge in [-0.2, -0.15) is 0 Å². The number of amides is 2. The number of nitrogens with one attached hydrogen (secondary N) is 2.